The van der Waals surface area contributed by atoms with E-state index < -0.39 is 0 Å². The van der Waals surface area contributed by atoms with E-state index in [1.807, 2.05) is 12.3 Å². The first kappa shape index (κ1) is 11.0. The highest BCUT2D eigenvalue weighted by molar-refractivity contribution is 5.40. The number of pyridine rings is 1. The fourth-order valence-electron chi connectivity index (χ4n) is 1.55. The molecule has 0 saturated heterocycles. The Bertz CT molecular complexity index is 244. The highest BCUT2D eigenvalue weighted by Crippen LogP contribution is 2.15. The molecule has 1 aromatic heterocycles. The molecule has 0 aliphatic heterocycles. The molecule has 2 nitrogen and oxygen atoms in total. The van der Waals surface area contributed by atoms with E-state index in [9.17, 15) is 0 Å². The molecule has 1 rings (SSSR count). The second-order valence-corrected chi connectivity index (χ2v) is 4.03. The highest BCUT2D eigenvalue weighted by atomic mass is 14.9. The molecule has 1 aromatic rings. The summed E-state index contributed by atoms with van der Waals surface area (Å²) in [7, 11) is 0. The van der Waals surface area contributed by atoms with Gasteiger partial charge in [0.2, 0.25) is 0 Å². The van der Waals surface area contributed by atoms with Crippen molar-refractivity contribution in [3.63, 3.8) is 0 Å². The average Bonchev–Trinajstić information content (AvgIpc) is 2.18. The number of rotatable bonds is 5. The predicted octanol–water partition coefficient (Wildman–Crippen LogP) is 3.32. The van der Waals surface area contributed by atoms with Crippen molar-refractivity contribution in [3.8, 4) is 0 Å². The van der Waals surface area contributed by atoms with Gasteiger partial charge < -0.3 is 5.32 Å². The quantitative estimate of drug-likeness (QED) is 0.774. The summed E-state index contributed by atoms with van der Waals surface area (Å²) in [6, 6.07) is 4.59. The van der Waals surface area contributed by atoms with Gasteiger partial charge in [0.25, 0.3) is 0 Å². The van der Waals surface area contributed by atoms with E-state index in [1.165, 1.54) is 12.8 Å². The Kier molecular flexibility index (Phi) is 4.44. The van der Waals surface area contributed by atoms with Crippen molar-refractivity contribution in [1.29, 1.82) is 0 Å². The van der Waals surface area contributed by atoms with E-state index in [2.05, 4.69) is 37.1 Å². The molecule has 0 saturated carbocycles. The molecule has 0 spiro atoms. The van der Waals surface area contributed by atoms with Gasteiger partial charge in [-0.25, -0.2) is 0 Å². The van der Waals surface area contributed by atoms with E-state index in [0.29, 0.717) is 12.0 Å². The van der Waals surface area contributed by atoms with Gasteiger partial charge in [0.05, 0.1) is 5.69 Å². The number of anilines is 1. The SMILES string of the molecule is CCC[C@@H](Nc1cccnc1)C(C)C. The molecule has 0 bridgehead atoms. The maximum atomic E-state index is 4.09. The first-order valence-corrected chi connectivity index (χ1v) is 5.40. The van der Waals surface area contributed by atoms with Crippen LogP contribution < -0.4 is 5.32 Å². The van der Waals surface area contributed by atoms with Crippen LogP contribution in [-0.4, -0.2) is 11.0 Å². The van der Waals surface area contributed by atoms with E-state index in [1.54, 1.807) is 6.20 Å². The summed E-state index contributed by atoms with van der Waals surface area (Å²) in [5.41, 5.74) is 1.12. The molecule has 0 aliphatic rings. The molecule has 0 radical (unpaired) electrons. The Morgan fingerprint density at radius 2 is 2.21 bits per heavy atom. The number of aromatic nitrogens is 1. The minimum atomic E-state index is 0.559. The lowest BCUT2D eigenvalue weighted by Gasteiger charge is -2.22. The molecule has 0 amide bonds. The third-order valence-electron chi connectivity index (χ3n) is 2.42. The summed E-state index contributed by atoms with van der Waals surface area (Å²) in [6.07, 6.45) is 6.11. The number of hydrogen-bond donors (Lipinski definition) is 1. The summed E-state index contributed by atoms with van der Waals surface area (Å²) in [6.45, 7) is 6.73. The minimum Gasteiger partial charge on any atom is -0.381 e. The fraction of sp³-hybridized carbons (Fsp3) is 0.583. The second-order valence-electron chi connectivity index (χ2n) is 4.03. The third-order valence-corrected chi connectivity index (χ3v) is 2.42. The van der Waals surface area contributed by atoms with Gasteiger partial charge in [-0.3, -0.25) is 4.98 Å². The molecular formula is C12H20N2. The van der Waals surface area contributed by atoms with Crippen LogP contribution in [0.25, 0.3) is 0 Å². The maximum absolute atomic E-state index is 4.09. The van der Waals surface area contributed by atoms with Crippen molar-refractivity contribution >= 4 is 5.69 Å². The molecule has 1 atom stereocenters. The van der Waals surface area contributed by atoms with Crippen LogP contribution in [0.15, 0.2) is 24.5 Å². The monoisotopic (exact) mass is 192 g/mol. The van der Waals surface area contributed by atoms with Crippen LogP contribution in [0.5, 0.6) is 0 Å². The van der Waals surface area contributed by atoms with Crippen LogP contribution in [-0.2, 0) is 0 Å². The summed E-state index contributed by atoms with van der Waals surface area (Å²) >= 11 is 0. The zero-order valence-corrected chi connectivity index (χ0v) is 9.33. The van der Waals surface area contributed by atoms with Gasteiger partial charge in [-0.2, -0.15) is 0 Å². The molecule has 2 heteroatoms. The van der Waals surface area contributed by atoms with E-state index >= 15 is 0 Å². The largest absolute Gasteiger partial charge is 0.381 e. The van der Waals surface area contributed by atoms with Crippen molar-refractivity contribution in [2.75, 3.05) is 5.32 Å². The molecule has 1 heterocycles. The van der Waals surface area contributed by atoms with Gasteiger partial charge in [0.1, 0.15) is 0 Å². The standard InChI is InChI=1S/C12H20N2/c1-4-6-12(10(2)3)14-11-7-5-8-13-9-11/h5,7-10,12,14H,4,6H2,1-3H3/t12-/m1/s1. The first-order chi connectivity index (χ1) is 6.74. The molecule has 78 valence electrons. The lowest BCUT2D eigenvalue weighted by Crippen LogP contribution is -2.25. The zero-order valence-electron chi connectivity index (χ0n) is 9.33. The lowest BCUT2D eigenvalue weighted by molar-refractivity contribution is 0.489. The number of nitrogens with zero attached hydrogens (tertiary/aromatic N) is 1. The molecule has 14 heavy (non-hydrogen) atoms. The Hall–Kier alpha value is -1.05. The molecule has 1 N–H and O–H groups in total. The third kappa shape index (κ3) is 3.36. The van der Waals surface area contributed by atoms with Gasteiger partial charge in [-0.05, 0) is 24.5 Å². The average molecular weight is 192 g/mol. The maximum Gasteiger partial charge on any atom is 0.0528 e. The van der Waals surface area contributed by atoms with Crippen molar-refractivity contribution in [3.05, 3.63) is 24.5 Å². The number of hydrogen-bond acceptors (Lipinski definition) is 2. The summed E-state index contributed by atoms with van der Waals surface area (Å²) in [5.74, 6) is 0.662. The Morgan fingerprint density at radius 1 is 1.43 bits per heavy atom. The fourth-order valence-corrected chi connectivity index (χ4v) is 1.55. The molecule has 0 aromatic carbocycles. The Morgan fingerprint density at radius 3 is 2.71 bits per heavy atom. The first-order valence-electron chi connectivity index (χ1n) is 5.40. The van der Waals surface area contributed by atoms with Crippen LogP contribution in [0.2, 0.25) is 0 Å². The molecular weight excluding hydrogens is 172 g/mol. The van der Waals surface area contributed by atoms with E-state index in [0.717, 1.165) is 5.69 Å². The molecule has 0 unspecified atom stereocenters. The Labute approximate surface area is 86.8 Å². The van der Waals surface area contributed by atoms with Gasteiger partial charge in [-0.15, -0.1) is 0 Å². The molecule has 0 fully saturated rings. The predicted molar refractivity (Wildman–Crippen MR) is 61.4 cm³/mol. The summed E-state index contributed by atoms with van der Waals surface area (Å²) < 4.78 is 0. The van der Waals surface area contributed by atoms with Crippen LogP contribution in [0.1, 0.15) is 33.6 Å². The summed E-state index contributed by atoms with van der Waals surface area (Å²) in [5, 5.41) is 3.52. The van der Waals surface area contributed by atoms with Crippen LogP contribution in [0.4, 0.5) is 5.69 Å². The Balaban J connectivity index is 2.55. The number of nitrogens with one attached hydrogen (secondary N) is 1. The van der Waals surface area contributed by atoms with Crippen molar-refractivity contribution in [1.82, 2.24) is 4.98 Å². The van der Waals surface area contributed by atoms with Crippen molar-refractivity contribution < 1.29 is 0 Å². The summed E-state index contributed by atoms with van der Waals surface area (Å²) in [4.78, 5) is 4.09. The van der Waals surface area contributed by atoms with Gasteiger partial charge in [0, 0.05) is 18.4 Å². The van der Waals surface area contributed by atoms with Gasteiger partial charge >= 0.3 is 0 Å². The van der Waals surface area contributed by atoms with E-state index in [-0.39, 0.29) is 0 Å². The van der Waals surface area contributed by atoms with Crippen LogP contribution >= 0.6 is 0 Å². The van der Waals surface area contributed by atoms with Crippen LogP contribution in [0.3, 0.4) is 0 Å². The molecule has 0 aliphatic carbocycles. The van der Waals surface area contributed by atoms with E-state index in [4.69, 9.17) is 0 Å². The van der Waals surface area contributed by atoms with Crippen LogP contribution in [0, 0.1) is 5.92 Å². The zero-order chi connectivity index (χ0) is 10.4. The normalized spacial score (nSPS) is 12.9. The van der Waals surface area contributed by atoms with Crippen molar-refractivity contribution in [2.24, 2.45) is 5.92 Å². The smallest absolute Gasteiger partial charge is 0.0528 e. The lowest BCUT2D eigenvalue weighted by atomic mass is 9.99. The van der Waals surface area contributed by atoms with Gasteiger partial charge in [-0.1, -0.05) is 27.2 Å². The highest BCUT2D eigenvalue weighted by Gasteiger charge is 2.11. The van der Waals surface area contributed by atoms with Gasteiger partial charge in [0.15, 0.2) is 0 Å². The topological polar surface area (TPSA) is 24.9 Å². The second kappa shape index (κ2) is 5.63. The van der Waals surface area contributed by atoms with Crippen molar-refractivity contribution in [2.45, 2.75) is 39.7 Å². The minimum absolute atomic E-state index is 0.559.